The van der Waals surface area contributed by atoms with Crippen LogP contribution in [0, 0.1) is 13.8 Å². The molecule has 4 nitrogen and oxygen atoms in total. The van der Waals surface area contributed by atoms with Gasteiger partial charge in [-0.3, -0.25) is 0 Å². The molecular weight excluding hydrogens is 340 g/mol. The highest BCUT2D eigenvalue weighted by molar-refractivity contribution is 5.82. The predicted octanol–water partition coefficient (Wildman–Crippen LogP) is 5.24. The van der Waals surface area contributed by atoms with Crippen LogP contribution >= 0.6 is 0 Å². The summed E-state index contributed by atoms with van der Waals surface area (Å²) in [6.45, 7) is 10.4. The van der Waals surface area contributed by atoms with Gasteiger partial charge in [0.1, 0.15) is 5.75 Å². The monoisotopic (exact) mass is 368 g/mol. The standard InChI is InChI=1S/C23H28O4/c1-14-8-9-15(2)20(21(22(24)25)27-23(3,4)5)19(14)17-10-11-18-16(13-17)7-6-12-26-18/h8-11,13,21H,6-7,12H2,1-5H3,(H,24,25). The molecule has 4 heteroatoms. The highest BCUT2D eigenvalue weighted by Crippen LogP contribution is 2.39. The van der Waals surface area contributed by atoms with E-state index in [1.165, 1.54) is 5.56 Å². The molecule has 0 aromatic heterocycles. The van der Waals surface area contributed by atoms with E-state index in [1.54, 1.807) is 0 Å². The van der Waals surface area contributed by atoms with Gasteiger partial charge in [0.05, 0.1) is 12.2 Å². The molecule has 2 aromatic carbocycles. The fourth-order valence-electron chi connectivity index (χ4n) is 3.66. The molecule has 0 saturated heterocycles. The second-order valence-electron chi connectivity index (χ2n) is 8.21. The first-order valence-electron chi connectivity index (χ1n) is 9.44. The Morgan fingerprint density at radius 3 is 2.52 bits per heavy atom. The fraction of sp³-hybridized carbons (Fsp3) is 0.435. The van der Waals surface area contributed by atoms with E-state index < -0.39 is 17.7 Å². The van der Waals surface area contributed by atoms with Gasteiger partial charge in [0.25, 0.3) is 0 Å². The van der Waals surface area contributed by atoms with E-state index in [0.717, 1.165) is 53.0 Å². The molecule has 1 N–H and O–H groups in total. The normalized spacial score (nSPS) is 15.0. The summed E-state index contributed by atoms with van der Waals surface area (Å²) < 4.78 is 11.7. The Hall–Kier alpha value is -2.33. The van der Waals surface area contributed by atoms with Crippen LogP contribution in [-0.4, -0.2) is 23.3 Å². The zero-order valence-electron chi connectivity index (χ0n) is 16.8. The summed E-state index contributed by atoms with van der Waals surface area (Å²) in [6, 6.07) is 10.2. The summed E-state index contributed by atoms with van der Waals surface area (Å²) >= 11 is 0. The molecule has 0 amide bonds. The molecule has 1 aliphatic rings. The van der Waals surface area contributed by atoms with Gasteiger partial charge in [0, 0.05) is 5.56 Å². The molecule has 1 aliphatic heterocycles. The van der Waals surface area contributed by atoms with Crippen LogP contribution in [0.3, 0.4) is 0 Å². The zero-order valence-corrected chi connectivity index (χ0v) is 16.8. The SMILES string of the molecule is Cc1ccc(C)c(C(OC(C)(C)C)C(=O)O)c1-c1ccc2c(c1)CCCO2. The Morgan fingerprint density at radius 2 is 1.85 bits per heavy atom. The van der Waals surface area contributed by atoms with Gasteiger partial charge in [0.2, 0.25) is 0 Å². The topological polar surface area (TPSA) is 55.8 Å². The third kappa shape index (κ3) is 4.16. The van der Waals surface area contributed by atoms with Crippen LogP contribution in [0.15, 0.2) is 30.3 Å². The number of benzene rings is 2. The Morgan fingerprint density at radius 1 is 1.15 bits per heavy atom. The Labute approximate surface area is 161 Å². The zero-order chi connectivity index (χ0) is 19.8. The molecule has 0 radical (unpaired) electrons. The maximum atomic E-state index is 12.1. The molecule has 0 spiro atoms. The van der Waals surface area contributed by atoms with E-state index >= 15 is 0 Å². The summed E-state index contributed by atoms with van der Waals surface area (Å²) in [5.74, 6) is -0.0428. The number of ether oxygens (including phenoxy) is 2. The van der Waals surface area contributed by atoms with Crippen LogP contribution in [0.25, 0.3) is 11.1 Å². The molecule has 3 rings (SSSR count). The van der Waals surface area contributed by atoms with E-state index in [-0.39, 0.29) is 0 Å². The van der Waals surface area contributed by atoms with Gasteiger partial charge in [0.15, 0.2) is 6.10 Å². The van der Waals surface area contributed by atoms with Crippen molar-refractivity contribution in [2.45, 2.75) is 59.2 Å². The Balaban J connectivity index is 2.18. The average Bonchev–Trinajstić information content (AvgIpc) is 2.60. The van der Waals surface area contributed by atoms with Crippen molar-refractivity contribution in [3.8, 4) is 16.9 Å². The predicted molar refractivity (Wildman–Crippen MR) is 106 cm³/mol. The number of carboxylic acids is 1. The highest BCUT2D eigenvalue weighted by Gasteiger charge is 2.31. The van der Waals surface area contributed by atoms with E-state index in [0.29, 0.717) is 0 Å². The molecule has 27 heavy (non-hydrogen) atoms. The number of rotatable bonds is 4. The van der Waals surface area contributed by atoms with Crippen molar-refractivity contribution in [3.05, 3.63) is 52.6 Å². The molecule has 1 heterocycles. The summed E-state index contributed by atoms with van der Waals surface area (Å²) in [4.78, 5) is 12.1. The van der Waals surface area contributed by atoms with Gasteiger partial charge in [-0.2, -0.15) is 0 Å². The first-order valence-corrected chi connectivity index (χ1v) is 9.44. The molecule has 0 fully saturated rings. The number of aliphatic carboxylic acids is 1. The summed E-state index contributed by atoms with van der Waals surface area (Å²) in [5.41, 5.74) is 5.25. The first kappa shape index (κ1) is 19.4. The maximum Gasteiger partial charge on any atom is 0.337 e. The van der Waals surface area contributed by atoms with Gasteiger partial charge in [-0.25, -0.2) is 4.79 Å². The number of hydrogen-bond donors (Lipinski definition) is 1. The molecule has 2 aromatic rings. The van der Waals surface area contributed by atoms with E-state index in [4.69, 9.17) is 9.47 Å². The van der Waals surface area contributed by atoms with Gasteiger partial charge < -0.3 is 14.6 Å². The van der Waals surface area contributed by atoms with Gasteiger partial charge in [-0.15, -0.1) is 0 Å². The molecule has 0 aliphatic carbocycles. The van der Waals surface area contributed by atoms with Crippen molar-refractivity contribution in [2.75, 3.05) is 6.61 Å². The Bertz CT molecular complexity index is 861. The van der Waals surface area contributed by atoms with Crippen molar-refractivity contribution < 1.29 is 19.4 Å². The van der Waals surface area contributed by atoms with Crippen molar-refractivity contribution in [3.63, 3.8) is 0 Å². The van der Waals surface area contributed by atoms with Crippen molar-refractivity contribution in [1.82, 2.24) is 0 Å². The molecule has 0 bridgehead atoms. The van der Waals surface area contributed by atoms with E-state index in [1.807, 2.05) is 58.9 Å². The van der Waals surface area contributed by atoms with Crippen molar-refractivity contribution in [2.24, 2.45) is 0 Å². The number of aryl methyl sites for hydroxylation is 3. The lowest BCUT2D eigenvalue weighted by Gasteiger charge is -2.28. The van der Waals surface area contributed by atoms with Gasteiger partial charge >= 0.3 is 5.97 Å². The minimum Gasteiger partial charge on any atom is -0.493 e. The summed E-state index contributed by atoms with van der Waals surface area (Å²) in [6.07, 6.45) is 0.956. The molecule has 0 saturated carbocycles. The van der Waals surface area contributed by atoms with Crippen molar-refractivity contribution >= 4 is 5.97 Å². The van der Waals surface area contributed by atoms with Crippen LogP contribution in [-0.2, 0) is 16.0 Å². The molecular formula is C23H28O4. The summed E-state index contributed by atoms with van der Waals surface area (Å²) in [5, 5.41) is 9.92. The minimum atomic E-state index is -1.02. The van der Waals surface area contributed by atoms with Gasteiger partial charge in [-0.05, 0) is 87.4 Å². The highest BCUT2D eigenvalue weighted by atomic mass is 16.5. The van der Waals surface area contributed by atoms with Crippen LogP contribution in [0.4, 0.5) is 0 Å². The first-order chi connectivity index (χ1) is 12.7. The minimum absolute atomic E-state index is 0.569. The van der Waals surface area contributed by atoms with E-state index in [2.05, 4.69) is 6.07 Å². The molecule has 1 atom stereocenters. The average molecular weight is 368 g/mol. The number of carbonyl (C=O) groups is 1. The number of hydrogen-bond acceptors (Lipinski definition) is 3. The van der Waals surface area contributed by atoms with Crippen LogP contribution < -0.4 is 4.74 Å². The number of fused-ring (bicyclic) bond motifs is 1. The van der Waals surface area contributed by atoms with E-state index in [9.17, 15) is 9.90 Å². The molecule has 1 unspecified atom stereocenters. The lowest BCUT2D eigenvalue weighted by molar-refractivity contribution is -0.160. The number of carboxylic acid groups (broad SMARTS) is 1. The maximum absolute atomic E-state index is 12.1. The second kappa shape index (κ2) is 7.35. The quantitative estimate of drug-likeness (QED) is 0.802. The lowest BCUT2D eigenvalue weighted by Crippen LogP contribution is -2.28. The third-order valence-electron chi connectivity index (χ3n) is 4.83. The Kier molecular flexibility index (Phi) is 5.29. The van der Waals surface area contributed by atoms with Crippen molar-refractivity contribution in [1.29, 1.82) is 0 Å². The largest absolute Gasteiger partial charge is 0.493 e. The van der Waals surface area contributed by atoms with Gasteiger partial charge in [-0.1, -0.05) is 18.2 Å². The third-order valence-corrected chi connectivity index (χ3v) is 4.83. The summed E-state index contributed by atoms with van der Waals surface area (Å²) in [7, 11) is 0. The molecule has 144 valence electrons. The van der Waals surface area contributed by atoms with Crippen LogP contribution in [0.1, 0.15) is 55.5 Å². The second-order valence-corrected chi connectivity index (χ2v) is 8.21. The lowest BCUT2D eigenvalue weighted by atomic mass is 9.87. The fourth-order valence-corrected chi connectivity index (χ4v) is 3.66. The van der Waals surface area contributed by atoms with Crippen LogP contribution in [0.2, 0.25) is 0 Å². The smallest absolute Gasteiger partial charge is 0.337 e. The van der Waals surface area contributed by atoms with Crippen LogP contribution in [0.5, 0.6) is 5.75 Å².